The molecule has 8 heteroatoms. The molecule has 0 bridgehead atoms. The second-order valence-corrected chi connectivity index (χ2v) is 6.35. The lowest BCUT2D eigenvalue weighted by molar-refractivity contribution is -0.385. The molecule has 1 aromatic carbocycles. The molecular weight excluding hydrogens is 352 g/mol. The van der Waals surface area contributed by atoms with Crippen LogP contribution in [-0.2, 0) is 4.74 Å². The highest BCUT2D eigenvalue weighted by Crippen LogP contribution is 2.22. The molecule has 0 fully saturated rings. The number of hydrogen-bond donors (Lipinski definition) is 1. The Balaban J connectivity index is 2.21. The molecule has 0 aliphatic heterocycles. The third kappa shape index (κ3) is 3.94. The van der Waals surface area contributed by atoms with Gasteiger partial charge in [0.15, 0.2) is 11.9 Å². The molecule has 1 heterocycles. The maximum absolute atomic E-state index is 12.6. The van der Waals surface area contributed by atoms with E-state index < -0.39 is 22.8 Å². The highest BCUT2D eigenvalue weighted by atomic mass is 16.6. The minimum absolute atomic E-state index is 0.107. The van der Waals surface area contributed by atoms with Crippen LogP contribution in [0.1, 0.15) is 61.9 Å². The predicted octanol–water partition coefficient (Wildman–Crippen LogP) is 3.48. The van der Waals surface area contributed by atoms with E-state index in [1.54, 1.807) is 13.8 Å². The zero-order chi connectivity index (χ0) is 20.5. The maximum atomic E-state index is 12.6. The molecule has 0 radical (unpaired) electrons. The van der Waals surface area contributed by atoms with Crippen LogP contribution < -0.4 is 0 Å². The molecule has 0 unspecified atom stereocenters. The third-order valence-electron chi connectivity index (χ3n) is 4.32. The van der Waals surface area contributed by atoms with Crippen LogP contribution >= 0.6 is 0 Å². The van der Waals surface area contributed by atoms with Gasteiger partial charge in [0.25, 0.3) is 5.69 Å². The van der Waals surface area contributed by atoms with Gasteiger partial charge in [-0.25, -0.2) is 4.79 Å². The molecular formula is C19H20N2O6. The largest absolute Gasteiger partial charge is 0.451 e. The first-order chi connectivity index (χ1) is 12.5. The number of nitrogens with zero attached hydrogens (tertiary/aromatic N) is 1. The maximum Gasteiger partial charge on any atom is 0.338 e. The number of esters is 1. The van der Waals surface area contributed by atoms with Crippen molar-refractivity contribution >= 4 is 23.2 Å². The summed E-state index contributed by atoms with van der Waals surface area (Å²) < 4.78 is 5.21. The van der Waals surface area contributed by atoms with Crippen molar-refractivity contribution in [3.05, 3.63) is 62.0 Å². The first-order valence-corrected chi connectivity index (χ1v) is 8.25. The van der Waals surface area contributed by atoms with Crippen LogP contribution in [-0.4, -0.2) is 33.5 Å². The summed E-state index contributed by atoms with van der Waals surface area (Å²) in [6.07, 6.45) is -1.09. The lowest BCUT2D eigenvalue weighted by Crippen LogP contribution is -2.25. The number of ketones is 2. The fourth-order valence-corrected chi connectivity index (χ4v) is 3.00. The Labute approximate surface area is 155 Å². The molecule has 0 saturated heterocycles. The Morgan fingerprint density at radius 3 is 2.30 bits per heavy atom. The number of nitro benzene ring substituents is 1. The summed E-state index contributed by atoms with van der Waals surface area (Å²) in [6.45, 7) is 7.70. The molecule has 8 nitrogen and oxygen atoms in total. The standard InChI is InChI=1S/C19H20N2O6/c1-9-8-14(6-7-15(9)21(25)26)19(24)27-13(5)18(23)17-10(2)16(12(4)22)11(3)20-17/h6-8,13,20H,1-5H3/t13-/m0/s1. The zero-order valence-corrected chi connectivity index (χ0v) is 15.7. The van der Waals surface area contributed by atoms with Crippen molar-refractivity contribution in [2.75, 3.05) is 0 Å². The quantitative estimate of drug-likeness (QED) is 0.359. The molecule has 1 aromatic heterocycles. The number of benzene rings is 1. The van der Waals surface area contributed by atoms with Crippen molar-refractivity contribution in [2.24, 2.45) is 0 Å². The lowest BCUT2D eigenvalue weighted by Gasteiger charge is -2.12. The monoisotopic (exact) mass is 372 g/mol. The van der Waals surface area contributed by atoms with Crippen molar-refractivity contribution in [3.63, 3.8) is 0 Å². The topological polar surface area (TPSA) is 119 Å². The van der Waals surface area contributed by atoms with Gasteiger partial charge < -0.3 is 9.72 Å². The fraction of sp³-hybridized carbons (Fsp3) is 0.316. The zero-order valence-electron chi connectivity index (χ0n) is 15.7. The minimum Gasteiger partial charge on any atom is -0.451 e. The fourth-order valence-electron chi connectivity index (χ4n) is 3.00. The molecule has 27 heavy (non-hydrogen) atoms. The average Bonchev–Trinajstić information content (AvgIpc) is 2.87. The van der Waals surface area contributed by atoms with Crippen molar-refractivity contribution in [1.29, 1.82) is 0 Å². The van der Waals surface area contributed by atoms with Gasteiger partial charge in [0.1, 0.15) is 0 Å². The number of nitrogens with one attached hydrogen (secondary N) is 1. The summed E-state index contributed by atoms with van der Waals surface area (Å²) >= 11 is 0. The van der Waals surface area contributed by atoms with Gasteiger partial charge in [0.05, 0.1) is 16.2 Å². The van der Waals surface area contributed by atoms with Crippen molar-refractivity contribution in [1.82, 2.24) is 4.98 Å². The molecule has 1 atom stereocenters. The van der Waals surface area contributed by atoms with E-state index in [1.165, 1.54) is 39.0 Å². The minimum atomic E-state index is -1.09. The number of ether oxygens (including phenoxy) is 1. The van der Waals surface area contributed by atoms with Gasteiger partial charge in [-0.1, -0.05) is 0 Å². The van der Waals surface area contributed by atoms with Crippen molar-refractivity contribution < 1.29 is 24.0 Å². The number of aryl methyl sites for hydroxylation is 2. The van der Waals surface area contributed by atoms with E-state index >= 15 is 0 Å². The van der Waals surface area contributed by atoms with E-state index in [9.17, 15) is 24.5 Å². The van der Waals surface area contributed by atoms with Gasteiger partial charge >= 0.3 is 5.97 Å². The lowest BCUT2D eigenvalue weighted by atomic mass is 10.0. The Morgan fingerprint density at radius 1 is 1.19 bits per heavy atom. The van der Waals surface area contributed by atoms with Crippen LogP contribution in [0.15, 0.2) is 18.2 Å². The normalized spacial score (nSPS) is 11.7. The second kappa shape index (κ2) is 7.53. The Hall–Kier alpha value is -3.29. The summed E-state index contributed by atoms with van der Waals surface area (Å²) in [5, 5.41) is 10.9. The first-order valence-electron chi connectivity index (χ1n) is 8.25. The molecule has 2 rings (SSSR count). The van der Waals surface area contributed by atoms with E-state index in [4.69, 9.17) is 4.74 Å². The number of carbonyl (C=O) groups is 3. The van der Waals surface area contributed by atoms with E-state index in [2.05, 4.69) is 4.98 Å². The molecule has 1 N–H and O–H groups in total. The highest BCUT2D eigenvalue weighted by Gasteiger charge is 2.26. The molecule has 0 saturated carbocycles. The summed E-state index contributed by atoms with van der Waals surface area (Å²) in [5.41, 5.74) is 2.08. The number of H-pyrrole nitrogens is 1. The molecule has 0 aliphatic rings. The SMILES string of the molecule is CC(=O)c1c(C)[nH]c(C(=O)[C@H](C)OC(=O)c2ccc([N+](=O)[O-])c(C)c2)c1C. The van der Waals surface area contributed by atoms with Crippen LogP contribution in [0.2, 0.25) is 0 Å². The van der Waals surface area contributed by atoms with Gasteiger partial charge in [-0.3, -0.25) is 19.7 Å². The molecule has 0 spiro atoms. The first kappa shape index (κ1) is 20.0. The van der Waals surface area contributed by atoms with Gasteiger partial charge in [-0.05, 0) is 52.3 Å². The highest BCUT2D eigenvalue weighted by molar-refractivity contribution is 6.05. The summed E-state index contributed by atoms with van der Waals surface area (Å²) in [5.74, 6) is -1.39. The number of carbonyl (C=O) groups excluding carboxylic acids is 3. The van der Waals surface area contributed by atoms with Crippen molar-refractivity contribution in [3.8, 4) is 0 Å². The summed E-state index contributed by atoms with van der Waals surface area (Å²) in [6, 6.07) is 3.84. The summed E-state index contributed by atoms with van der Waals surface area (Å²) in [7, 11) is 0. The van der Waals surface area contributed by atoms with Gasteiger partial charge in [-0.15, -0.1) is 0 Å². The molecule has 0 aliphatic carbocycles. The van der Waals surface area contributed by atoms with Crippen LogP contribution in [0, 0.1) is 30.9 Å². The van der Waals surface area contributed by atoms with Gasteiger partial charge in [-0.2, -0.15) is 0 Å². The second-order valence-electron chi connectivity index (χ2n) is 6.35. The Morgan fingerprint density at radius 2 is 1.81 bits per heavy atom. The van der Waals surface area contributed by atoms with E-state index in [-0.39, 0.29) is 22.7 Å². The van der Waals surface area contributed by atoms with Crippen LogP contribution in [0.25, 0.3) is 0 Å². The average molecular weight is 372 g/mol. The van der Waals surface area contributed by atoms with Crippen LogP contribution in [0.5, 0.6) is 0 Å². The number of Topliss-reactive ketones (excluding diaryl/α,β-unsaturated/α-hetero) is 2. The van der Waals surface area contributed by atoms with Crippen molar-refractivity contribution in [2.45, 2.75) is 40.7 Å². The van der Waals surface area contributed by atoms with E-state index in [0.29, 0.717) is 22.4 Å². The number of aromatic nitrogens is 1. The Kier molecular flexibility index (Phi) is 5.58. The van der Waals surface area contributed by atoms with Crippen LogP contribution in [0.4, 0.5) is 5.69 Å². The van der Waals surface area contributed by atoms with E-state index in [0.717, 1.165) is 0 Å². The summed E-state index contributed by atoms with van der Waals surface area (Å²) in [4.78, 5) is 49.8. The van der Waals surface area contributed by atoms with Crippen LogP contribution in [0.3, 0.4) is 0 Å². The third-order valence-corrected chi connectivity index (χ3v) is 4.32. The van der Waals surface area contributed by atoms with Gasteiger partial charge in [0, 0.05) is 22.9 Å². The molecule has 0 amide bonds. The molecule has 2 aromatic rings. The Bertz CT molecular complexity index is 957. The number of hydrogen-bond acceptors (Lipinski definition) is 6. The predicted molar refractivity (Wildman–Crippen MR) is 97.3 cm³/mol. The number of rotatable bonds is 6. The van der Waals surface area contributed by atoms with E-state index in [1.807, 2.05) is 0 Å². The van der Waals surface area contributed by atoms with Gasteiger partial charge in [0.2, 0.25) is 5.78 Å². The molecule has 142 valence electrons. The smallest absolute Gasteiger partial charge is 0.338 e. The number of aromatic amines is 1. The number of nitro groups is 1.